The number of anilines is 1. The van der Waals surface area contributed by atoms with Crippen LogP contribution in [0.25, 0.3) is 0 Å². The van der Waals surface area contributed by atoms with Gasteiger partial charge in [-0.15, -0.1) is 0 Å². The molecule has 2 atom stereocenters. The lowest BCUT2D eigenvalue weighted by atomic mass is 9.82. The van der Waals surface area contributed by atoms with Gasteiger partial charge in [-0.25, -0.2) is 0 Å². The normalized spacial score (nSPS) is 24.9. The van der Waals surface area contributed by atoms with E-state index in [0.717, 1.165) is 18.8 Å². The van der Waals surface area contributed by atoms with Crippen LogP contribution in [-0.2, 0) is 0 Å². The Morgan fingerprint density at radius 3 is 2.76 bits per heavy atom. The van der Waals surface area contributed by atoms with Gasteiger partial charge in [-0.1, -0.05) is 20.8 Å². The molecule has 2 unspecified atom stereocenters. The third-order valence-electron chi connectivity index (χ3n) is 4.21. The van der Waals surface area contributed by atoms with Crippen molar-refractivity contribution >= 4 is 11.5 Å². The van der Waals surface area contributed by atoms with Crippen molar-refractivity contribution in [2.45, 2.75) is 26.8 Å². The largest absolute Gasteiger partial charge is 0.363 e. The van der Waals surface area contributed by atoms with Crippen molar-refractivity contribution < 1.29 is 4.92 Å². The highest BCUT2D eigenvalue weighted by molar-refractivity contribution is 5.53. The summed E-state index contributed by atoms with van der Waals surface area (Å²) in [6, 6.07) is 3.61. The molecule has 0 aromatic carbocycles. The first-order chi connectivity index (χ1) is 9.86. The monoisotopic (exact) mass is 288 g/mol. The molecule has 1 N–H and O–H groups in total. The molecule has 112 valence electrons. The maximum atomic E-state index is 10.7. The summed E-state index contributed by atoms with van der Waals surface area (Å²) in [7, 11) is 0. The van der Waals surface area contributed by atoms with Gasteiger partial charge >= 0.3 is 5.82 Å². The van der Waals surface area contributed by atoms with Gasteiger partial charge in [0.1, 0.15) is 0 Å². The molecule has 3 rings (SSSR count). The van der Waals surface area contributed by atoms with E-state index in [9.17, 15) is 10.1 Å². The lowest BCUT2D eigenvalue weighted by Gasteiger charge is -2.28. The second kappa shape index (κ2) is 4.80. The number of rotatable bonds is 2. The summed E-state index contributed by atoms with van der Waals surface area (Å²) < 4.78 is 0. The minimum atomic E-state index is -0.472. The highest BCUT2D eigenvalue weighted by Crippen LogP contribution is 2.38. The Morgan fingerprint density at radius 2 is 2.19 bits per heavy atom. The molecule has 21 heavy (non-hydrogen) atoms. The predicted octanol–water partition coefficient (Wildman–Crippen LogP) is 2.33. The molecular formula is C15H20N4O2. The SMILES string of the molecule is CC(C)(C)C1NCC2CN(c3ccc([N+](=O)[O-])nc3)C=C21. The van der Waals surface area contributed by atoms with Gasteiger partial charge in [0.15, 0.2) is 6.20 Å². The van der Waals surface area contributed by atoms with Crippen LogP contribution in [0.1, 0.15) is 20.8 Å². The molecule has 1 aromatic heterocycles. The molecule has 0 radical (unpaired) electrons. The molecular weight excluding hydrogens is 268 g/mol. The standard InChI is InChI=1S/C15H20N4O2/c1-15(2,3)14-12-9-18(8-10(12)6-17-14)11-4-5-13(16-7-11)19(20)21/h4-5,7,9-10,14,17H,6,8H2,1-3H3. The van der Waals surface area contributed by atoms with Crippen LogP contribution in [-0.4, -0.2) is 29.0 Å². The first-order valence-corrected chi connectivity index (χ1v) is 7.18. The second-order valence-corrected chi connectivity index (χ2v) is 6.82. The summed E-state index contributed by atoms with van der Waals surface area (Å²) in [4.78, 5) is 16.2. The average Bonchev–Trinajstić information content (AvgIpc) is 2.96. The number of pyridine rings is 1. The lowest BCUT2D eigenvalue weighted by molar-refractivity contribution is -0.389. The smallest absolute Gasteiger partial charge is 0.358 e. The maximum absolute atomic E-state index is 10.7. The van der Waals surface area contributed by atoms with Crippen LogP contribution in [0.2, 0.25) is 0 Å². The van der Waals surface area contributed by atoms with Gasteiger partial charge in [0.05, 0.1) is 5.69 Å². The molecule has 1 aromatic rings. The molecule has 0 spiro atoms. The van der Waals surface area contributed by atoms with Crippen LogP contribution in [0.4, 0.5) is 11.5 Å². The molecule has 1 saturated heterocycles. The van der Waals surface area contributed by atoms with Gasteiger partial charge in [0.25, 0.3) is 0 Å². The molecule has 3 heterocycles. The molecule has 0 saturated carbocycles. The Labute approximate surface area is 124 Å². The second-order valence-electron chi connectivity index (χ2n) is 6.82. The van der Waals surface area contributed by atoms with E-state index >= 15 is 0 Å². The van der Waals surface area contributed by atoms with Crippen molar-refractivity contribution in [3.05, 3.63) is 40.2 Å². The van der Waals surface area contributed by atoms with Crippen molar-refractivity contribution in [2.75, 3.05) is 18.0 Å². The van der Waals surface area contributed by atoms with Crippen molar-refractivity contribution in [1.29, 1.82) is 0 Å². The molecule has 0 bridgehead atoms. The number of nitrogens with zero attached hydrogens (tertiary/aromatic N) is 3. The van der Waals surface area contributed by atoms with Gasteiger partial charge in [-0.2, -0.15) is 0 Å². The van der Waals surface area contributed by atoms with Gasteiger partial charge in [0, 0.05) is 37.3 Å². The van der Waals surface area contributed by atoms with Crippen LogP contribution in [0.3, 0.4) is 0 Å². The van der Waals surface area contributed by atoms with Crippen molar-refractivity contribution in [3.8, 4) is 0 Å². The summed E-state index contributed by atoms with van der Waals surface area (Å²) >= 11 is 0. The van der Waals surface area contributed by atoms with E-state index < -0.39 is 4.92 Å². The minimum Gasteiger partial charge on any atom is -0.358 e. The quantitative estimate of drug-likeness (QED) is 0.668. The number of hydrogen-bond donors (Lipinski definition) is 1. The number of aromatic nitrogens is 1. The molecule has 6 nitrogen and oxygen atoms in total. The highest BCUT2D eigenvalue weighted by atomic mass is 16.6. The summed E-state index contributed by atoms with van der Waals surface area (Å²) in [6.07, 6.45) is 3.76. The zero-order valence-corrected chi connectivity index (χ0v) is 12.5. The number of nitro groups is 1. The molecule has 1 fully saturated rings. The van der Waals surface area contributed by atoms with Gasteiger partial charge in [-0.05, 0) is 27.0 Å². The molecule has 0 aliphatic carbocycles. The van der Waals surface area contributed by atoms with E-state index in [1.165, 1.54) is 11.6 Å². The summed E-state index contributed by atoms with van der Waals surface area (Å²) in [5, 5.41) is 14.3. The van der Waals surface area contributed by atoms with E-state index in [0.29, 0.717) is 12.0 Å². The number of nitrogens with one attached hydrogen (secondary N) is 1. The Balaban J connectivity index is 1.83. The fourth-order valence-corrected chi connectivity index (χ4v) is 3.19. The van der Waals surface area contributed by atoms with E-state index in [4.69, 9.17) is 0 Å². The van der Waals surface area contributed by atoms with E-state index in [1.807, 2.05) is 0 Å². The van der Waals surface area contributed by atoms with Crippen LogP contribution in [0.5, 0.6) is 0 Å². The van der Waals surface area contributed by atoms with Crippen molar-refractivity contribution in [3.63, 3.8) is 0 Å². The van der Waals surface area contributed by atoms with E-state index in [2.05, 4.69) is 42.2 Å². The molecule has 6 heteroatoms. The first kappa shape index (κ1) is 14.0. The van der Waals surface area contributed by atoms with Gasteiger partial charge in [0.2, 0.25) is 0 Å². The molecule has 2 aliphatic heterocycles. The number of fused-ring (bicyclic) bond motifs is 1. The van der Waals surface area contributed by atoms with Crippen LogP contribution in [0, 0.1) is 21.4 Å². The van der Waals surface area contributed by atoms with E-state index in [-0.39, 0.29) is 11.2 Å². The Hall–Kier alpha value is -1.95. The fraction of sp³-hybridized carbons (Fsp3) is 0.533. The minimum absolute atomic E-state index is 0.111. The third kappa shape index (κ3) is 2.51. The number of hydrogen-bond acceptors (Lipinski definition) is 5. The van der Waals surface area contributed by atoms with E-state index in [1.54, 1.807) is 12.3 Å². The zero-order valence-electron chi connectivity index (χ0n) is 12.5. The van der Waals surface area contributed by atoms with Crippen molar-refractivity contribution in [2.24, 2.45) is 11.3 Å². The highest BCUT2D eigenvalue weighted by Gasteiger charge is 2.41. The predicted molar refractivity (Wildman–Crippen MR) is 81.1 cm³/mol. The summed E-state index contributed by atoms with van der Waals surface area (Å²) in [5.74, 6) is 0.407. The van der Waals surface area contributed by atoms with Gasteiger partial charge < -0.3 is 20.3 Å². The Kier molecular flexibility index (Phi) is 3.20. The third-order valence-corrected chi connectivity index (χ3v) is 4.21. The molecule has 2 aliphatic rings. The average molecular weight is 288 g/mol. The van der Waals surface area contributed by atoms with Crippen LogP contribution in [0.15, 0.2) is 30.1 Å². The lowest BCUT2D eigenvalue weighted by Crippen LogP contribution is -2.36. The van der Waals surface area contributed by atoms with Gasteiger partial charge in [-0.3, -0.25) is 0 Å². The Morgan fingerprint density at radius 1 is 1.43 bits per heavy atom. The first-order valence-electron chi connectivity index (χ1n) is 7.18. The van der Waals surface area contributed by atoms with Crippen molar-refractivity contribution in [1.82, 2.24) is 10.3 Å². The molecule has 0 amide bonds. The van der Waals surface area contributed by atoms with Crippen LogP contribution >= 0.6 is 0 Å². The Bertz CT molecular complexity index is 589. The zero-order chi connectivity index (χ0) is 15.2. The summed E-state index contributed by atoms with van der Waals surface area (Å²) in [6.45, 7) is 8.62. The van der Waals surface area contributed by atoms with Crippen LogP contribution < -0.4 is 10.2 Å². The maximum Gasteiger partial charge on any atom is 0.363 e. The topological polar surface area (TPSA) is 71.3 Å². The summed E-state index contributed by atoms with van der Waals surface area (Å²) in [5.41, 5.74) is 2.53. The fourth-order valence-electron chi connectivity index (χ4n) is 3.19.